The third-order valence-electron chi connectivity index (χ3n) is 5.15. The molecule has 1 aliphatic rings. The second kappa shape index (κ2) is 9.60. The van der Waals surface area contributed by atoms with Crippen molar-refractivity contribution >= 4 is 57.3 Å². The fraction of sp³-hybridized carbons (Fsp3) is 0.286. The highest BCUT2D eigenvalue weighted by Crippen LogP contribution is 2.21. The van der Waals surface area contributed by atoms with Gasteiger partial charge in [-0.2, -0.15) is 0 Å². The molecule has 0 radical (unpaired) electrons. The van der Waals surface area contributed by atoms with Gasteiger partial charge in [-0.25, -0.2) is 9.97 Å². The summed E-state index contributed by atoms with van der Waals surface area (Å²) in [6.45, 7) is 1.72. The zero-order valence-corrected chi connectivity index (χ0v) is 18.7. The molecule has 4 rings (SSSR count). The van der Waals surface area contributed by atoms with Gasteiger partial charge in [0.25, 0.3) is 5.91 Å². The van der Waals surface area contributed by atoms with E-state index in [1.54, 1.807) is 21.9 Å². The molecule has 0 spiro atoms. The van der Waals surface area contributed by atoms with Crippen molar-refractivity contribution < 1.29 is 14.4 Å². The van der Waals surface area contributed by atoms with Crippen molar-refractivity contribution in [1.82, 2.24) is 25.1 Å². The second-order valence-electron chi connectivity index (χ2n) is 7.46. The first-order valence-electron chi connectivity index (χ1n) is 9.93. The summed E-state index contributed by atoms with van der Waals surface area (Å²) in [5.41, 5.74) is 7.54. The van der Waals surface area contributed by atoms with Gasteiger partial charge in [0.15, 0.2) is 5.78 Å². The lowest BCUT2D eigenvalue weighted by Gasteiger charge is -2.34. The van der Waals surface area contributed by atoms with Crippen molar-refractivity contribution in [2.24, 2.45) is 0 Å². The number of benzene rings is 1. The van der Waals surface area contributed by atoms with E-state index in [-0.39, 0.29) is 37.2 Å². The van der Waals surface area contributed by atoms with Crippen LogP contribution in [0.5, 0.6) is 0 Å². The Kier molecular flexibility index (Phi) is 6.63. The number of nitrogens with one attached hydrogen (secondary N) is 1. The van der Waals surface area contributed by atoms with Gasteiger partial charge in [-0.15, -0.1) is 11.3 Å². The van der Waals surface area contributed by atoms with Crippen LogP contribution >= 0.6 is 22.9 Å². The number of halogens is 1. The number of thiophene rings is 1. The van der Waals surface area contributed by atoms with E-state index in [0.717, 1.165) is 27.8 Å². The van der Waals surface area contributed by atoms with Gasteiger partial charge < -0.3 is 16.0 Å². The summed E-state index contributed by atoms with van der Waals surface area (Å²) >= 11 is 6.98. The Bertz CT molecular complexity index is 1180. The minimum atomic E-state index is -0.335. The monoisotopic (exact) mass is 472 g/mol. The maximum absolute atomic E-state index is 12.6. The number of anilines is 1. The highest BCUT2D eigenvalue weighted by molar-refractivity contribution is 7.18. The number of Topliss-reactive ketones (excluding diaryl/α,β-unsaturated/α-hetero) is 1. The molecule has 11 heteroatoms. The zero-order valence-electron chi connectivity index (χ0n) is 17.1. The van der Waals surface area contributed by atoms with Gasteiger partial charge in [-0.05, 0) is 29.8 Å². The molecule has 1 saturated heterocycles. The smallest absolute Gasteiger partial charge is 0.261 e. The van der Waals surface area contributed by atoms with E-state index in [1.807, 2.05) is 18.2 Å². The molecule has 0 unspecified atom stereocenters. The molecule has 1 aliphatic heterocycles. The van der Waals surface area contributed by atoms with Gasteiger partial charge in [0, 0.05) is 25.0 Å². The Hall–Kier alpha value is -3.08. The first kappa shape index (κ1) is 22.1. The number of hydrogen-bond acceptors (Lipinski definition) is 8. The van der Waals surface area contributed by atoms with E-state index in [2.05, 4.69) is 15.3 Å². The molecule has 166 valence electrons. The minimum absolute atomic E-state index is 0.0522. The summed E-state index contributed by atoms with van der Waals surface area (Å²) in [4.78, 5) is 49.1. The molecule has 2 aromatic heterocycles. The Morgan fingerprint density at radius 3 is 2.78 bits per heavy atom. The minimum Gasteiger partial charge on any atom is -0.383 e. The number of ketones is 1. The molecule has 9 nitrogen and oxygen atoms in total. The molecule has 2 amide bonds. The van der Waals surface area contributed by atoms with E-state index in [1.165, 1.54) is 6.33 Å². The van der Waals surface area contributed by atoms with Crippen LogP contribution in [0.2, 0.25) is 4.34 Å². The molecule has 0 saturated carbocycles. The number of fused-ring (bicyclic) bond motifs is 1. The van der Waals surface area contributed by atoms with Gasteiger partial charge in [-0.3, -0.25) is 19.3 Å². The zero-order chi connectivity index (χ0) is 22.7. The van der Waals surface area contributed by atoms with E-state index in [9.17, 15) is 14.4 Å². The number of nitrogens with zero attached hydrogens (tertiary/aromatic N) is 4. The van der Waals surface area contributed by atoms with E-state index in [4.69, 9.17) is 17.3 Å². The number of aromatic nitrogens is 2. The van der Waals surface area contributed by atoms with Crippen LogP contribution in [0, 0.1) is 0 Å². The molecule has 0 bridgehead atoms. The first-order valence-corrected chi connectivity index (χ1v) is 11.1. The number of amides is 2. The number of hydrogen-bond donors (Lipinski definition) is 2. The van der Waals surface area contributed by atoms with Crippen molar-refractivity contribution in [1.29, 1.82) is 0 Å². The Labute approximate surface area is 193 Å². The number of rotatable bonds is 7. The number of carbonyl (C=O) groups excluding carboxylic acids is 3. The maximum Gasteiger partial charge on any atom is 0.261 e. The topological polar surface area (TPSA) is 122 Å². The number of carbonyl (C=O) groups is 3. The molecule has 32 heavy (non-hydrogen) atoms. The predicted molar refractivity (Wildman–Crippen MR) is 122 cm³/mol. The van der Waals surface area contributed by atoms with Crippen LogP contribution < -0.4 is 11.1 Å². The van der Waals surface area contributed by atoms with Crippen LogP contribution in [0.15, 0.2) is 36.7 Å². The van der Waals surface area contributed by atoms with Crippen LogP contribution in [0.3, 0.4) is 0 Å². The number of nitrogens with two attached hydrogens (primary N) is 1. The number of nitrogen functional groups attached to an aromatic ring is 1. The Balaban J connectivity index is 1.26. The second-order valence-corrected chi connectivity index (χ2v) is 9.18. The van der Waals surface area contributed by atoms with Crippen molar-refractivity contribution in [3.63, 3.8) is 0 Å². The fourth-order valence-corrected chi connectivity index (χ4v) is 4.47. The molecular formula is C21H21ClN6O3S. The summed E-state index contributed by atoms with van der Waals surface area (Å²) in [6, 6.07) is 8.92. The van der Waals surface area contributed by atoms with Gasteiger partial charge in [0.2, 0.25) is 5.91 Å². The Morgan fingerprint density at radius 1 is 1.19 bits per heavy atom. The predicted octanol–water partition coefficient (Wildman–Crippen LogP) is 1.57. The lowest BCUT2D eigenvalue weighted by molar-refractivity contribution is -0.137. The van der Waals surface area contributed by atoms with Gasteiger partial charge in [-0.1, -0.05) is 17.7 Å². The molecular weight excluding hydrogens is 452 g/mol. The van der Waals surface area contributed by atoms with E-state index in [0.29, 0.717) is 34.7 Å². The molecule has 3 heterocycles. The summed E-state index contributed by atoms with van der Waals surface area (Å²) in [6.07, 6.45) is 1.42. The lowest BCUT2D eigenvalue weighted by Crippen LogP contribution is -2.51. The van der Waals surface area contributed by atoms with E-state index >= 15 is 0 Å². The molecule has 0 atom stereocenters. The quantitative estimate of drug-likeness (QED) is 0.535. The van der Waals surface area contributed by atoms with Crippen LogP contribution in [0.25, 0.3) is 10.9 Å². The largest absolute Gasteiger partial charge is 0.383 e. The third kappa shape index (κ3) is 5.21. The molecule has 1 fully saturated rings. The lowest BCUT2D eigenvalue weighted by atomic mass is 10.1. The normalized spacial score (nSPS) is 14.7. The van der Waals surface area contributed by atoms with Crippen LogP contribution in [0.4, 0.5) is 5.82 Å². The van der Waals surface area contributed by atoms with Crippen molar-refractivity contribution in [3.8, 4) is 0 Å². The van der Waals surface area contributed by atoms with Gasteiger partial charge in [0.05, 0.1) is 34.4 Å². The molecule has 3 aromatic rings. The van der Waals surface area contributed by atoms with E-state index < -0.39 is 0 Å². The molecule has 0 aliphatic carbocycles. The highest BCUT2D eigenvalue weighted by Gasteiger charge is 2.25. The summed E-state index contributed by atoms with van der Waals surface area (Å²) in [5, 5.41) is 3.37. The maximum atomic E-state index is 12.6. The fourth-order valence-electron chi connectivity index (χ4n) is 3.51. The highest BCUT2D eigenvalue weighted by atomic mass is 35.5. The SMILES string of the molecule is Nc1ncnc2cc(CN3CCN(CC(=O)CNC(=O)c4ccc(Cl)s4)CC3=O)ccc12. The molecule has 3 N–H and O–H groups in total. The average molecular weight is 473 g/mol. The summed E-state index contributed by atoms with van der Waals surface area (Å²) in [7, 11) is 0. The Morgan fingerprint density at radius 2 is 2.03 bits per heavy atom. The average Bonchev–Trinajstić information content (AvgIpc) is 3.20. The van der Waals surface area contributed by atoms with Crippen LogP contribution in [-0.2, 0) is 16.1 Å². The third-order valence-corrected chi connectivity index (χ3v) is 6.38. The van der Waals surface area contributed by atoms with Crippen molar-refractivity contribution in [2.75, 3.05) is 38.5 Å². The number of piperazine rings is 1. The van der Waals surface area contributed by atoms with Crippen LogP contribution in [-0.4, -0.2) is 70.1 Å². The van der Waals surface area contributed by atoms with Crippen molar-refractivity contribution in [3.05, 3.63) is 51.4 Å². The van der Waals surface area contributed by atoms with Crippen molar-refractivity contribution in [2.45, 2.75) is 6.54 Å². The van der Waals surface area contributed by atoms with Gasteiger partial charge >= 0.3 is 0 Å². The van der Waals surface area contributed by atoms with Crippen LogP contribution in [0.1, 0.15) is 15.2 Å². The summed E-state index contributed by atoms with van der Waals surface area (Å²) < 4.78 is 0.513. The standard InChI is InChI=1S/C21H21ClN6O3S/c22-18-4-3-17(32-18)21(31)24-8-14(29)10-27-5-6-28(19(30)11-27)9-13-1-2-15-16(7-13)25-12-26-20(15)23/h1-4,7,12H,5-6,8-11H2,(H,24,31)(H2,23,25,26). The molecule has 1 aromatic carbocycles. The first-order chi connectivity index (χ1) is 15.4. The summed E-state index contributed by atoms with van der Waals surface area (Å²) in [5.74, 6) is -0.123. The van der Waals surface area contributed by atoms with Gasteiger partial charge in [0.1, 0.15) is 12.1 Å².